The molecule has 3 aliphatic heterocycles. The first-order valence-electron chi connectivity index (χ1n) is 10.5. The average molecular weight is 449 g/mol. The third-order valence-electron chi connectivity index (χ3n) is 6.02. The standard InChI is InChI=1S/C23H25ClO7/c24-18-6-3-14(21-23-20(26)22(30-31-23)19(11-25)29-21)10-15(18)9-13-1-4-16(5-2-13)28-17-7-8-27-12-17/h1-6,10,17,19-23,25-26H,7-9,11-12H2/t17-,19-,20+,21?,22?,23-/m1/s1. The fourth-order valence-corrected chi connectivity index (χ4v) is 4.49. The van der Waals surface area contributed by atoms with Crippen molar-refractivity contribution in [1.82, 2.24) is 0 Å². The Balaban J connectivity index is 1.32. The van der Waals surface area contributed by atoms with Crippen molar-refractivity contribution < 1.29 is 34.2 Å². The molecule has 6 atom stereocenters. The van der Waals surface area contributed by atoms with Crippen LogP contribution in [-0.2, 0) is 25.7 Å². The predicted molar refractivity (Wildman–Crippen MR) is 111 cm³/mol. The number of aliphatic hydroxyl groups is 2. The van der Waals surface area contributed by atoms with Crippen molar-refractivity contribution in [3.05, 3.63) is 64.2 Å². The Labute approximate surface area is 185 Å². The van der Waals surface area contributed by atoms with Gasteiger partial charge in [0.05, 0.1) is 19.8 Å². The number of halogens is 1. The van der Waals surface area contributed by atoms with E-state index in [1.54, 1.807) is 0 Å². The fourth-order valence-electron chi connectivity index (χ4n) is 4.31. The lowest BCUT2D eigenvalue weighted by Crippen LogP contribution is -2.50. The van der Waals surface area contributed by atoms with Crippen LogP contribution >= 0.6 is 11.6 Å². The topological polar surface area (TPSA) is 86.6 Å². The highest BCUT2D eigenvalue weighted by Gasteiger charge is 2.53. The van der Waals surface area contributed by atoms with Crippen LogP contribution in [0.4, 0.5) is 0 Å². The third-order valence-corrected chi connectivity index (χ3v) is 6.39. The number of hydrogen-bond acceptors (Lipinski definition) is 7. The van der Waals surface area contributed by atoms with Gasteiger partial charge in [0.2, 0.25) is 0 Å². The zero-order valence-electron chi connectivity index (χ0n) is 16.9. The Morgan fingerprint density at radius 1 is 1.06 bits per heavy atom. The maximum atomic E-state index is 10.4. The van der Waals surface area contributed by atoms with E-state index >= 15 is 0 Å². The van der Waals surface area contributed by atoms with E-state index in [9.17, 15) is 10.2 Å². The number of benzene rings is 2. The van der Waals surface area contributed by atoms with Crippen LogP contribution in [0.1, 0.15) is 29.2 Å². The molecule has 2 unspecified atom stereocenters. The van der Waals surface area contributed by atoms with Crippen LogP contribution in [0, 0.1) is 0 Å². The highest BCUT2D eigenvalue weighted by molar-refractivity contribution is 6.31. The Bertz CT molecular complexity index is 899. The van der Waals surface area contributed by atoms with Gasteiger partial charge in [0.1, 0.15) is 36.3 Å². The van der Waals surface area contributed by atoms with Crippen molar-refractivity contribution in [1.29, 1.82) is 0 Å². The molecule has 7 nitrogen and oxygen atoms in total. The van der Waals surface area contributed by atoms with E-state index in [1.165, 1.54) is 0 Å². The van der Waals surface area contributed by atoms with Crippen molar-refractivity contribution in [3.63, 3.8) is 0 Å². The zero-order valence-corrected chi connectivity index (χ0v) is 17.6. The normalized spacial score (nSPS) is 32.4. The summed E-state index contributed by atoms with van der Waals surface area (Å²) in [5, 5.41) is 20.7. The summed E-state index contributed by atoms with van der Waals surface area (Å²) in [6.45, 7) is 1.11. The highest BCUT2D eigenvalue weighted by Crippen LogP contribution is 2.41. The molecule has 0 amide bonds. The van der Waals surface area contributed by atoms with Crippen LogP contribution < -0.4 is 4.74 Å². The number of ether oxygens (including phenoxy) is 3. The summed E-state index contributed by atoms with van der Waals surface area (Å²) >= 11 is 6.47. The number of fused-ring (bicyclic) bond motifs is 2. The minimum atomic E-state index is -0.868. The van der Waals surface area contributed by atoms with E-state index in [1.807, 2.05) is 42.5 Å². The van der Waals surface area contributed by atoms with E-state index in [2.05, 4.69) is 0 Å². The molecule has 0 radical (unpaired) electrons. The molecule has 0 aliphatic carbocycles. The maximum absolute atomic E-state index is 10.4. The summed E-state index contributed by atoms with van der Waals surface area (Å²) in [5.74, 6) is 0.826. The third kappa shape index (κ3) is 4.32. The molecule has 0 aromatic heterocycles. The van der Waals surface area contributed by atoms with Crippen LogP contribution in [0.3, 0.4) is 0 Å². The van der Waals surface area contributed by atoms with E-state index in [-0.39, 0.29) is 12.7 Å². The molecule has 3 aliphatic rings. The largest absolute Gasteiger partial charge is 0.488 e. The first-order chi connectivity index (χ1) is 15.1. The van der Waals surface area contributed by atoms with E-state index < -0.39 is 30.5 Å². The van der Waals surface area contributed by atoms with Crippen molar-refractivity contribution in [3.8, 4) is 5.75 Å². The van der Waals surface area contributed by atoms with Crippen LogP contribution in [0.25, 0.3) is 0 Å². The van der Waals surface area contributed by atoms with Crippen LogP contribution in [-0.4, -0.2) is 60.6 Å². The molecule has 3 saturated heterocycles. The van der Waals surface area contributed by atoms with E-state index in [0.717, 1.165) is 35.5 Å². The summed E-state index contributed by atoms with van der Waals surface area (Å²) in [7, 11) is 0. The first kappa shape index (κ1) is 21.2. The molecule has 2 aromatic rings. The van der Waals surface area contributed by atoms with Gasteiger partial charge in [-0.2, -0.15) is 0 Å². The van der Waals surface area contributed by atoms with Gasteiger partial charge in [-0.3, -0.25) is 0 Å². The molecule has 0 spiro atoms. The van der Waals surface area contributed by atoms with Gasteiger partial charge < -0.3 is 24.4 Å². The van der Waals surface area contributed by atoms with Crippen LogP contribution in [0.2, 0.25) is 5.02 Å². The molecule has 2 aromatic carbocycles. The molecule has 2 N–H and O–H groups in total. The van der Waals surface area contributed by atoms with Crippen molar-refractivity contribution in [2.45, 2.75) is 49.5 Å². The SMILES string of the molecule is OC[C@H]1OC(c2ccc(Cl)c(Cc3ccc(O[C@@H]4CCOC4)cc3)c2)[C@@H]2OOC1[C@@H]2O. The summed E-state index contributed by atoms with van der Waals surface area (Å²) in [4.78, 5) is 10.5. The van der Waals surface area contributed by atoms with Crippen LogP contribution in [0.5, 0.6) is 5.75 Å². The Kier molecular flexibility index (Phi) is 6.16. The average Bonchev–Trinajstić information content (AvgIpc) is 3.37. The van der Waals surface area contributed by atoms with Gasteiger partial charge in [0.15, 0.2) is 6.10 Å². The highest BCUT2D eigenvalue weighted by atomic mass is 35.5. The number of rotatable bonds is 6. The van der Waals surface area contributed by atoms with E-state index in [0.29, 0.717) is 18.1 Å². The smallest absolute Gasteiger partial charge is 0.152 e. The van der Waals surface area contributed by atoms with Gasteiger partial charge in [0, 0.05) is 11.4 Å². The lowest BCUT2D eigenvalue weighted by molar-refractivity contribution is -0.294. The van der Waals surface area contributed by atoms with Gasteiger partial charge >= 0.3 is 0 Å². The predicted octanol–water partition coefficient (Wildman–Crippen LogP) is 2.59. The van der Waals surface area contributed by atoms with Gasteiger partial charge in [-0.1, -0.05) is 35.9 Å². The second kappa shape index (κ2) is 9.03. The van der Waals surface area contributed by atoms with Crippen molar-refractivity contribution in [2.75, 3.05) is 19.8 Å². The monoisotopic (exact) mass is 448 g/mol. The van der Waals surface area contributed by atoms with Crippen molar-refractivity contribution >= 4 is 11.6 Å². The van der Waals surface area contributed by atoms with Gasteiger partial charge in [-0.15, -0.1) is 0 Å². The molecule has 8 heteroatoms. The minimum Gasteiger partial charge on any atom is -0.488 e. The van der Waals surface area contributed by atoms with E-state index in [4.69, 9.17) is 35.6 Å². The zero-order chi connectivity index (χ0) is 21.4. The lowest BCUT2D eigenvalue weighted by atomic mass is 9.90. The van der Waals surface area contributed by atoms with Crippen molar-refractivity contribution in [2.24, 2.45) is 0 Å². The van der Waals surface area contributed by atoms with Gasteiger partial charge in [-0.25, -0.2) is 9.78 Å². The lowest BCUT2D eigenvalue weighted by Gasteiger charge is -2.34. The molecule has 3 heterocycles. The first-order valence-corrected chi connectivity index (χ1v) is 10.9. The van der Waals surface area contributed by atoms with Crippen LogP contribution in [0.15, 0.2) is 42.5 Å². The minimum absolute atomic E-state index is 0.118. The molecular formula is C23H25ClO7. The molecular weight excluding hydrogens is 424 g/mol. The quantitative estimate of drug-likeness (QED) is 0.657. The summed E-state index contributed by atoms with van der Waals surface area (Å²) in [6.07, 6.45) is -1.77. The molecule has 2 bridgehead atoms. The maximum Gasteiger partial charge on any atom is 0.152 e. The Morgan fingerprint density at radius 2 is 1.87 bits per heavy atom. The molecule has 0 saturated carbocycles. The van der Waals surface area contributed by atoms with Gasteiger partial charge in [-0.05, 0) is 41.3 Å². The Hall–Kier alpha value is -1.71. The molecule has 31 heavy (non-hydrogen) atoms. The Morgan fingerprint density at radius 3 is 2.61 bits per heavy atom. The molecule has 166 valence electrons. The summed E-state index contributed by atoms with van der Waals surface area (Å²) in [5.41, 5.74) is 2.83. The molecule has 5 rings (SSSR count). The second-order valence-electron chi connectivity index (χ2n) is 8.17. The summed E-state index contributed by atoms with van der Waals surface area (Å²) in [6, 6.07) is 13.6. The molecule has 3 fully saturated rings. The second-order valence-corrected chi connectivity index (χ2v) is 8.57. The number of hydrogen-bond donors (Lipinski definition) is 2. The summed E-state index contributed by atoms with van der Waals surface area (Å²) < 4.78 is 17.2. The van der Waals surface area contributed by atoms with Gasteiger partial charge in [0.25, 0.3) is 0 Å². The fraction of sp³-hybridized carbons (Fsp3) is 0.478. The number of aliphatic hydroxyl groups excluding tert-OH is 2.